The van der Waals surface area contributed by atoms with Crippen molar-refractivity contribution in [3.8, 4) is 6.07 Å². The number of likely N-dealkylation sites (N-methyl/N-ethyl adjacent to an activating group) is 1. The topological polar surface area (TPSA) is 70.3 Å². The zero-order chi connectivity index (χ0) is 20.3. The van der Waals surface area contributed by atoms with Crippen molar-refractivity contribution in [1.29, 1.82) is 5.26 Å². The third-order valence-corrected chi connectivity index (χ3v) is 6.29. The van der Waals surface area contributed by atoms with E-state index in [0.29, 0.717) is 24.5 Å². The maximum Gasteiger partial charge on any atom is 0.239 e. The van der Waals surface area contributed by atoms with E-state index >= 15 is 0 Å². The molecule has 0 aromatic carbocycles. The molecule has 1 aliphatic rings. The minimum Gasteiger partial charge on any atom is -0.376 e. The fraction of sp³-hybridized carbons (Fsp3) is 0.500. The zero-order valence-electron chi connectivity index (χ0n) is 16.4. The van der Waals surface area contributed by atoms with E-state index in [1.165, 1.54) is 11.3 Å². The molecule has 1 N–H and O–H groups in total. The Morgan fingerprint density at radius 3 is 2.89 bits per heavy atom. The summed E-state index contributed by atoms with van der Waals surface area (Å²) in [5.74, 6) is 0.429. The summed E-state index contributed by atoms with van der Waals surface area (Å²) in [5, 5.41) is 12.6. The van der Waals surface area contributed by atoms with Crippen molar-refractivity contribution >= 4 is 34.7 Å². The van der Waals surface area contributed by atoms with Gasteiger partial charge in [-0.25, -0.2) is 0 Å². The van der Waals surface area contributed by atoms with Crippen molar-refractivity contribution in [3.05, 3.63) is 38.2 Å². The molecule has 1 unspecified atom stereocenters. The van der Waals surface area contributed by atoms with Gasteiger partial charge in [-0.1, -0.05) is 11.6 Å². The molecule has 1 aliphatic heterocycles. The molecule has 6 nitrogen and oxygen atoms in total. The molecular weight excluding hydrogens is 396 g/mol. The Kier molecular flexibility index (Phi) is 6.78. The number of thiophene rings is 1. The van der Waals surface area contributed by atoms with Gasteiger partial charge in [0.2, 0.25) is 5.91 Å². The largest absolute Gasteiger partial charge is 0.376 e. The van der Waals surface area contributed by atoms with E-state index < -0.39 is 0 Å². The van der Waals surface area contributed by atoms with Crippen molar-refractivity contribution < 1.29 is 9.53 Å². The highest BCUT2D eigenvalue weighted by Gasteiger charge is 2.24. The predicted octanol–water partition coefficient (Wildman–Crippen LogP) is 3.94. The molecule has 0 spiro atoms. The summed E-state index contributed by atoms with van der Waals surface area (Å²) in [4.78, 5) is 15.7. The lowest BCUT2D eigenvalue weighted by molar-refractivity contribution is -0.117. The van der Waals surface area contributed by atoms with Crippen LogP contribution in [0.4, 0.5) is 5.82 Å². The average Bonchev–Trinajstić information content (AvgIpc) is 3.34. The predicted molar refractivity (Wildman–Crippen MR) is 112 cm³/mol. The van der Waals surface area contributed by atoms with E-state index in [-0.39, 0.29) is 18.6 Å². The zero-order valence-corrected chi connectivity index (χ0v) is 18.0. The molecule has 150 valence electrons. The van der Waals surface area contributed by atoms with Crippen molar-refractivity contribution in [1.82, 2.24) is 9.47 Å². The molecule has 28 heavy (non-hydrogen) atoms. The van der Waals surface area contributed by atoms with Gasteiger partial charge < -0.3 is 14.6 Å². The lowest BCUT2D eigenvalue weighted by Gasteiger charge is -2.19. The number of hydrogen-bond acceptors (Lipinski definition) is 5. The molecule has 1 saturated heterocycles. The van der Waals surface area contributed by atoms with Crippen LogP contribution in [-0.4, -0.2) is 41.7 Å². The minimum atomic E-state index is -0.146. The summed E-state index contributed by atoms with van der Waals surface area (Å²) in [6.45, 7) is 6.19. The highest BCUT2D eigenvalue weighted by atomic mass is 35.5. The Morgan fingerprint density at radius 2 is 2.29 bits per heavy atom. The van der Waals surface area contributed by atoms with Crippen LogP contribution in [0.5, 0.6) is 0 Å². The number of nitrogens with zero attached hydrogens (tertiary/aromatic N) is 3. The number of carbonyl (C=O) groups is 1. The number of nitrogens with one attached hydrogen (secondary N) is 1. The van der Waals surface area contributed by atoms with Gasteiger partial charge in [-0.15, -0.1) is 11.3 Å². The number of nitriles is 1. The van der Waals surface area contributed by atoms with E-state index in [9.17, 15) is 10.1 Å². The Morgan fingerprint density at radius 1 is 1.50 bits per heavy atom. The van der Waals surface area contributed by atoms with Crippen LogP contribution in [0.25, 0.3) is 0 Å². The minimum absolute atomic E-state index is 0.124. The first-order valence-corrected chi connectivity index (χ1v) is 10.5. The first-order valence-electron chi connectivity index (χ1n) is 9.33. The van der Waals surface area contributed by atoms with E-state index in [2.05, 4.69) is 11.4 Å². The molecule has 3 heterocycles. The van der Waals surface area contributed by atoms with Crippen molar-refractivity contribution in [2.75, 3.05) is 25.5 Å². The van der Waals surface area contributed by atoms with Gasteiger partial charge >= 0.3 is 0 Å². The first-order chi connectivity index (χ1) is 13.4. The molecule has 2 aromatic heterocycles. The van der Waals surface area contributed by atoms with Gasteiger partial charge in [0, 0.05) is 23.7 Å². The Bertz CT molecular complexity index is 893. The van der Waals surface area contributed by atoms with Gasteiger partial charge in [-0.2, -0.15) is 5.26 Å². The monoisotopic (exact) mass is 420 g/mol. The number of anilines is 1. The number of amides is 1. The van der Waals surface area contributed by atoms with Gasteiger partial charge in [0.1, 0.15) is 11.9 Å². The van der Waals surface area contributed by atoms with Gasteiger partial charge in [0.25, 0.3) is 0 Å². The highest BCUT2D eigenvalue weighted by molar-refractivity contribution is 7.16. The van der Waals surface area contributed by atoms with Gasteiger partial charge in [-0.3, -0.25) is 9.69 Å². The molecule has 3 rings (SSSR count). The molecule has 1 fully saturated rings. The molecule has 0 aliphatic carbocycles. The van der Waals surface area contributed by atoms with Crippen LogP contribution in [-0.2, 0) is 22.6 Å². The smallest absolute Gasteiger partial charge is 0.239 e. The summed E-state index contributed by atoms with van der Waals surface area (Å²) >= 11 is 7.48. The number of halogens is 1. The van der Waals surface area contributed by atoms with Crippen molar-refractivity contribution in [2.45, 2.75) is 45.9 Å². The lowest BCUT2D eigenvalue weighted by Crippen LogP contribution is -2.31. The number of rotatable bonds is 7. The molecular formula is C20H25ClN4O2S. The third-order valence-electron chi connectivity index (χ3n) is 5.08. The maximum atomic E-state index is 12.7. The highest BCUT2D eigenvalue weighted by Crippen LogP contribution is 2.28. The second-order valence-corrected chi connectivity index (χ2v) is 9.02. The summed E-state index contributed by atoms with van der Waals surface area (Å²) in [5.41, 5.74) is 2.41. The van der Waals surface area contributed by atoms with Gasteiger partial charge in [0.15, 0.2) is 0 Å². The second kappa shape index (κ2) is 9.10. The number of hydrogen-bond donors (Lipinski definition) is 1. The van der Waals surface area contributed by atoms with Crippen LogP contribution in [0.2, 0.25) is 4.34 Å². The maximum absolute atomic E-state index is 12.7. The average molecular weight is 421 g/mol. The third kappa shape index (κ3) is 4.76. The van der Waals surface area contributed by atoms with Crippen LogP contribution in [0.15, 0.2) is 12.1 Å². The number of ether oxygens (including phenoxy) is 1. The molecule has 0 radical (unpaired) electrons. The molecule has 2 aromatic rings. The van der Waals surface area contributed by atoms with Crippen LogP contribution in [0, 0.1) is 25.2 Å². The Hall–Kier alpha value is -1.85. The molecule has 1 atom stereocenters. The Balaban J connectivity index is 1.71. The van der Waals surface area contributed by atoms with Crippen molar-refractivity contribution in [2.24, 2.45) is 0 Å². The van der Waals surface area contributed by atoms with E-state index in [0.717, 1.165) is 39.9 Å². The van der Waals surface area contributed by atoms with Crippen LogP contribution >= 0.6 is 22.9 Å². The lowest BCUT2D eigenvalue weighted by atomic mass is 10.2. The van der Waals surface area contributed by atoms with Gasteiger partial charge in [-0.05, 0) is 51.4 Å². The first kappa shape index (κ1) is 20.9. The van der Waals surface area contributed by atoms with E-state index in [1.54, 1.807) is 0 Å². The quantitative estimate of drug-likeness (QED) is 0.736. The molecule has 8 heteroatoms. The van der Waals surface area contributed by atoms with Crippen LogP contribution in [0.1, 0.15) is 34.5 Å². The summed E-state index contributed by atoms with van der Waals surface area (Å²) in [6.07, 6.45) is 2.17. The van der Waals surface area contributed by atoms with Gasteiger partial charge in [0.05, 0.1) is 29.1 Å². The summed E-state index contributed by atoms with van der Waals surface area (Å²) in [7, 11) is 1.89. The van der Waals surface area contributed by atoms with E-state index in [1.807, 2.05) is 42.5 Å². The van der Waals surface area contributed by atoms with Crippen LogP contribution < -0.4 is 5.32 Å². The number of aromatic nitrogens is 1. The van der Waals surface area contributed by atoms with Crippen molar-refractivity contribution in [3.63, 3.8) is 0 Å². The molecule has 0 bridgehead atoms. The standard InChI is InChI=1S/C20H25ClN4O2S/c1-13-14(2)25(10-15-5-4-8-27-15)20(17(13)9-22)23-19(26)12-24(3)11-16-6-7-18(21)28-16/h6-7,15H,4-5,8,10-12H2,1-3H3,(H,23,26). The number of carbonyl (C=O) groups excluding carboxylic acids is 1. The fourth-order valence-electron chi connectivity index (χ4n) is 3.53. The van der Waals surface area contributed by atoms with E-state index in [4.69, 9.17) is 16.3 Å². The van der Waals surface area contributed by atoms with Crippen LogP contribution in [0.3, 0.4) is 0 Å². The second-order valence-electron chi connectivity index (χ2n) is 7.22. The molecule has 1 amide bonds. The molecule has 0 saturated carbocycles. The fourth-order valence-corrected chi connectivity index (χ4v) is 4.69. The normalized spacial score (nSPS) is 16.5. The SMILES string of the molecule is Cc1c(C#N)c(NC(=O)CN(C)Cc2ccc(Cl)s2)n(CC2CCCO2)c1C. The Labute approximate surface area is 174 Å². The summed E-state index contributed by atoms with van der Waals surface area (Å²) in [6, 6.07) is 6.07. The summed E-state index contributed by atoms with van der Waals surface area (Å²) < 4.78 is 8.51.